The number of benzene rings is 2. The van der Waals surface area contributed by atoms with E-state index >= 15 is 0 Å². The number of ether oxygens (including phenoxy) is 4. The Hall–Kier alpha value is -3.31. The fraction of sp³-hybridized carbons (Fsp3) is 0.484. The Morgan fingerprint density at radius 3 is 2.50 bits per heavy atom. The number of amides is 1. The van der Waals surface area contributed by atoms with Gasteiger partial charge in [0.05, 0.1) is 11.8 Å². The Morgan fingerprint density at radius 2 is 1.80 bits per heavy atom. The summed E-state index contributed by atoms with van der Waals surface area (Å²) in [5.41, 5.74) is -0.319. The molecule has 2 aromatic carbocycles. The number of aliphatic hydroxyl groups excluding tert-OH is 4. The molecular weight excluding hydrogens is 628 g/mol. The number of carbonyl (C=O) groups is 1. The van der Waals surface area contributed by atoms with Crippen LogP contribution in [0.3, 0.4) is 0 Å². The molecule has 2 aromatic rings. The third kappa shape index (κ3) is 7.00. The van der Waals surface area contributed by atoms with E-state index in [1.165, 1.54) is 38.1 Å². The third-order valence-electron chi connectivity index (χ3n) is 8.23. The van der Waals surface area contributed by atoms with Crippen molar-refractivity contribution in [1.82, 2.24) is 5.32 Å². The molecule has 10 atom stereocenters. The van der Waals surface area contributed by atoms with E-state index in [9.17, 15) is 35.4 Å². The van der Waals surface area contributed by atoms with Crippen molar-refractivity contribution in [2.75, 3.05) is 6.79 Å². The Balaban J connectivity index is 1.21. The molecule has 2 saturated heterocycles. The lowest BCUT2D eigenvalue weighted by Gasteiger charge is -2.41. The largest absolute Gasteiger partial charge is 0.504 e. The maximum absolute atomic E-state index is 12.9. The van der Waals surface area contributed by atoms with Crippen LogP contribution < -0.4 is 10.1 Å². The van der Waals surface area contributed by atoms with Gasteiger partial charge in [-0.15, -0.1) is 0 Å². The number of phenols is 1. The fourth-order valence-corrected chi connectivity index (χ4v) is 5.74. The number of rotatable bonds is 9. The van der Waals surface area contributed by atoms with Crippen LogP contribution in [0.4, 0.5) is 0 Å². The molecule has 2 heterocycles. The summed E-state index contributed by atoms with van der Waals surface area (Å²) in [6.07, 6.45) is -8.51. The number of halogens is 1. The van der Waals surface area contributed by atoms with Crippen LogP contribution in [0, 0.1) is 0 Å². The Bertz CT molecular complexity index is 1490. The van der Waals surface area contributed by atoms with Gasteiger partial charge in [0, 0.05) is 10.6 Å². The Labute approximate surface area is 269 Å². The lowest BCUT2D eigenvalue weighted by Crippen LogP contribution is -2.67. The monoisotopic (exact) mass is 664 g/mol. The Morgan fingerprint density at radius 1 is 1.09 bits per heavy atom. The van der Waals surface area contributed by atoms with Gasteiger partial charge in [0.15, 0.2) is 17.1 Å². The van der Waals surface area contributed by atoms with Crippen molar-refractivity contribution < 1.29 is 59.2 Å². The smallest absolute Gasteiger partial charge is 0.247 e. The first-order valence-corrected chi connectivity index (χ1v) is 14.9. The molecule has 0 bridgehead atoms. The van der Waals surface area contributed by atoms with Crippen LogP contribution in [0.1, 0.15) is 31.9 Å². The van der Waals surface area contributed by atoms with Gasteiger partial charge in [-0.3, -0.25) is 4.79 Å². The summed E-state index contributed by atoms with van der Waals surface area (Å²) in [5, 5.41) is 70.9. The standard InChI is InChI=1S/C31H37ClN2O12/c1-14(29(40)33-21-22(36)24(38)27-26(23(21)37)42-13-43-27)9-16-7-8-20(19(35)11-16)45-30-31(3,41)28(39)25(46-30)15(2)34-44-12-17-5-4-6-18(32)10-17/h4-11,21-28,30,35-39,41H,12-13H2,1-3H3,(H,33,40)/b14-9+,34-15+/t21-,22+,23-,24-,25-,26+,27-,28-,30-,31-/m1/s1. The fourth-order valence-electron chi connectivity index (χ4n) is 5.53. The van der Waals surface area contributed by atoms with Gasteiger partial charge >= 0.3 is 0 Å². The molecule has 3 aliphatic rings. The van der Waals surface area contributed by atoms with Crippen LogP contribution in [-0.2, 0) is 30.4 Å². The van der Waals surface area contributed by atoms with Gasteiger partial charge in [0.1, 0.15) is 56.1 Å². The van der Waals surface area contributed by atoms with E-state index in [1.54, 1.807) is 25.1 Å². The summed E-state index contributed by atoms with van der Waals surface area (Å²) in [5.74, 6) is -1.06. The van der Waals surface area contributed by atoms with Gasteiger partial charge in [-0.25, -0.2) is 0 Å². The highest BCUT2D eigenvalue weighted by molar-refractivity contribution is 6.30. The zero-order chi connectivity index (χ0) is 33.3. The number of carbonyl (C=O) groups excluding carboxylic acids is 1. The van der Waals surface area contributed by atoms with Crippen LogP contribution >= 0.6 is 11.6 Å². The lowest BCUT2D eigenvalue weighted by atomic mass is 9.83. The quantitative estimate of drug-likeness (QED) is 0.112. The predicted molar refractivity (Wildman–Crippen MR) is 162 cm³/mol. The molecule has 1 aliphatic carbocycles. The molecule has 250 valence electrons. The highest BCUT2D eigenvalue weighted by Gasteiger charge is 2.55. The SMILES string of the molecule is C/C(=C\c1ccc(O[C@@H]2O[C@H](/C(C)=N/OCc3cccc(Cl)c3)[C@@H](O)[C@@]2(C)O)c(O)c1)C(=O)N[C@@H]1[C@H](O)[C@@H](O)[C@H]2OCO[C@H]2[C@@H]1O. The van der Waals surface area contributed by atoms with Gasteiger partial charge in [-0.2, -0.15) is 0 Å². The first-order chi connectivity index (χ1) is 21.8. The summed E-state index contributed by atoms with van der Waals surface area (Å²) in [6.45, 7) is 4.34. The number of nitrogens with one attached hydrogen (secondary N) is 1. The van der Waals surface area contributed by atoms with E-state index < -0.39 is 66.6 Å². The minimum Gasteiger partial charge on any atom is -0.504 e. The maximum atomic E-state index is 12.9. The average molecular weight is 665 g/mol. The van der Waals surface area contributed by atoms with E-state index in [4.69, 9.17) is 35.4 Å². The number of phenolic OH excluding ortho intramolecular Hbond substituents is 1. The van der Waals surface area contributed by atoms with Crippen molar-refractivity contribution in [2.45, 2.75) is 88.0 Å². The minimum absolute atomic E-state index is 0.0695. The van der Waals surface area contributed by atoms with Crippen molar-refractivity contribution >= 4 is 29.3 Å². The van der Waals surface area contributed by atoms with Crippen LogP contribution in [0.5, 0.6) is 11.5 Å². The van der Waals surface area contributed by atoms with Gasteiger partial charge in [0.25, 0.3) is 0 Å². The van der Waals surface area contributed by atoms with E-state index in [2.05, 4.69) is 10.5 Å². The average Bonchev–Trinajstić information content (AvgIpc) is 3.59. The molecule has 0 spiro atoms. The highest BCUT2D eigenvalue weighted by Crippen LogP contribution is 2.37. The van der Waals surface area contributed by atoms with Crippen LogP contribution in [0.25, 0.3) is 6.08 Å². The molecule has 5 rings (SSSR count). The number of oxime groups is 1. The second-order valence-electron chi connectivity index (χ2n) is 11.7. The highest BCUT2D eigenvalue weighted by atomic mass is 35.5. The number of hydrogen-bond acceptors (Lipinski definition) is 13. The van der Waals surface area contributed by atoms with E-state index in [-0.39, 0.29) is 36.2 Å². The molecule has 15 heteroatoms. The van der Waals surface area contributed by atoms with Gasteiger partial charge in [-0.05, 0) is 62.2 Å². The first-order valence-electron chi connectivity index (χ1n) is 14.5. The van der Waals surface area contributed by atoms with Gasteiger partial charge in [0.2, 0.25) is 12.2 Å². The molecule has 3 fully saturated rings. The van der Waals surface area contributed by atoms with Gasteiger partial charge in [-0.1, -0.05) is 35.0 Å². The maximum Gasteiger partial charge on any atom is 0.247 e. The van der Waals surface area contributed by atoms with Crippen molar-refractivity contribution in [3.8, 4) is 11.5 Å². The molecule has 1 amide bonds. The van der Waals surface area contributed by atoms with Crippen LogP contribution in [0.15, 0.2) is 53.2 Å². The summed E-state index contributed by atoms with van der Waals surface area (Å²) in [6, 6.07) is 10.0. The zero-order valence-electron chi connectivity index (χ0n) is 25.2. The first kappa shape index (κ1) is 34.0. The number of aliphatic hydroxyl groups is 5. The molecule has 7 N–H and O–H groups in total. The molecule has 14 nitrogen and oxygen atoms in total. The predicted octanol–water partition coefficient (Wildman–Crippen LogP) is 0.580. The van der Waals surface area contributed by atoms with Crippen molar-refractivity contribution in [3.63, 3.8) is 0 Å². The molecule has 46 heavy (non-hydrogen) atoms. The summed E-state index contributed by atoms with van der Waals surface area (Å²) >= 11 is 5.98. The second kappa shape index (κ2) is 13.8. The second-order valence-corrected chi connectivity index (χ2v) is 12.2. The minimum atomic E-state index is -1.90. The molecule has 1 saturated carbocycles. The number of nitrogens with zero attached hydrogens (tertiary/aromatic N) is 1. The molecular formula is C31H37ClN2O12. The number of aromatic hydroxyl groups is 1. The van der Waals surface area contributed by atoms with E-state index in [0.29, 0.717) is 10.6 Å². The van der Waals surface area contributed by atoms with Crippen molar-refractivity contribution in [2.24, 2.45) is 5.16 Å². The summed E-state index contributed by atoms with van der Waals surface area (Å²) < 4.78 is 22.0. The molecule has 0 radical (unpaired) electrons. The molecule has 2 aliphatic heterocycles. The zero-order valence-corrected chi connectivity index (χ0v) is 25.9. The normalized spacial score (nSPS) is 34.7. The van der Waals surface area contributed by atoms with E-state index in [1.807, 2.05) is 6.07 Å². The lowest BCUT2D eigenvalue weighted by molar-refractivity contribution is -0.155. The van der Waals surface area contributed by atoms with E-state index in [0.717, 1.165) is 5.56 Å². The number of hydrogen-bond donors (Lipinski definition) is 7. The molecule has 0 unspecified atom stereocenters. The van der Waals surface area contributed by atoms with Crippen molar-refractivity contribution in [1.29, 1.82) is 0 Å². The van der Waals surface area contributed by atoms with Crippen molar-refractivity contribution in [3.05, 3.63) is 64.2 Å². The Kier molecular flexibility index (Phi) is 10.2. The van der Waals surface area contributed by atoms with Gasteiger partial charge < -0.3 is 59.7 Å². The topological polar surface area (TPSA) is 209 Å². The van der Waals surface area contributed by atoms with Crippen LogP contribution in [0.2, 0.25) is 5.02 Å². The summed E-state index contributed by atoms with van der Waals surface area (Å²) in [4.78, 5) is 18.3. The third-order valence-corrected chi connectivity index (χ3v) is 8.47. The molecule has 0 aromatic heterocycles. The summed E-state index contributed by atoms with van der Waals surface area (Å²) in [7, 11) is 0. The number of fused-ring (bicyclic) bond motifs is 1. The van der Waals surface area contributed by atoms with Crippen LogP contribution in [-0.4, -0.2) is 110 Å².